The number of carbonyl (C=O) groups is 3. The first kappa shape index (κ1) is 19.8. The van der Waals surface area contributed by atoms with E-state index in [-0.39, 0.29) is 30.2 Å². The highest BCUT2D eigenvalue weighted by atomic mass is 16.5. The largest absolute Gasteiger partial charge is 0.466 e. The lowest BCUT2D eigenvalue weighted by Crippen LogP contribution is -2.43. The Morgan fingerprint density at radius 1 is 1.19 bits per heavy atom. The van der Waals surface area contributed by atoms with Crippen LogP contribution in [0, 0.1) is 5.92 Å². The normalized spacial score (nSPS) is 14.6. The average Bonchev–Trinajstić information content (AvgIpc) is 2.67. The minimum absolute atomic E-state index is 0.0179. The molecule has 1 aromatic carbocycles. The summed E-state index contributed by atoms with van der Waals surface area (Å²) >= 11 is 0. The second kappa shape index (κ2) is 9.79. The molecule has 26 heavy (non-hydrogen) atoms. The number of piperidine rings is 1. The zero-order valence-corrected chi connectivity index (χ0v) is 15.4. The number of hydrogen-bond donors (Lipinski definition) is 2. The molecule has 0 unspecified atom stereocenters. The topological polar surface area (TPSA) is 87.7 Å². The van der Waals surface area contributed by atoms with Crippen molar-refractivity contribution in [3.8, 4) is 0 Å². The zero-order valence-electron chi connectivity index (χ0n) is 15.4. The lowest BCUT2D eigenvalue weighted by atomic mass is 9.97. The smallest absolute Gasteiger partial charge is 0.309 e. The van der Waals surface area contributed by atoms with Crippen molar-refractivity contribution in [2.75, 3.05) is 38.1 Å². The monoisotopic (exact) mass is 361 g/mol. The van der Waals surface area contributed by atoms with Crippen LogP contribution >= 0.6 is 0 Å². The summed E-state index contributed by atoms with van der Waals surface area (Å²) in [7, 11) is 0. The van der Waals surface area contributed by atoms with Gasteiger partial charge in [0.05, 0.1) is 19.1 Å². The molecule has 0 bridgehead atoms. The molecule has 7 nitrogen and oxygen atoms in total. The number of esters is 1. The van der Waals surface area contributed by atoms with Crippen LogP contribution in [0.25, 0.3) is 0 Å². The fraction of sp³-hybridized carbons (Fsp3) is 0.526. The lowest BCUT2D eigenvalue weighted by molar-refractivity contribution is -0.151. The zero-order chi connectivity index (χ0) is 18.9. The van der Waals surface area contributed by atoms with Gasteiger partial charge >= 0.3 is 5.97 Å². The molecule has 2 rings (SSSR count). The predicted molar refractivity (Wildman–Crippen MR) is 98.9 cm³/mol. The molecule has 2 N–H and O–H groups in total. The summed E-state index contributed by atoms with van der Waals surface area (Å²) in [5.41, 5.74) is 1.28. The van der Waals surface area contributed by atoms with Crippen LogP contribution in [0.1, 0.15) is 37.0 Å². The van der Waals surface area contributed by atoms with Gasteiger partial charge in [-0.2, -0.15) is 0 Å². The molecule has 7 heteroatoms. The van der Waals surface area contributed by atoms with Gasteiger partial charge in [-0.15, -0.1) is 0 Å². The number of nitrogens with zero attached hydrogens (tertiary/aromatic N) is 1. The molecule has 2 amide bonds. The van der Waals surface area contributed by atoms with E-state index >= 15 is 0 Å². The third-order valence-corrected chi connectivity index (χ3v) is 4.37. The van der Waals surface area contributed by atoms with E-state index in [9.17, 15) is 14.4 Å². The Labute approximate surface area is 154 Å². The van der Waals surface area contributed by atoms with Crippen molar-refractivity contribution in [1.82, 2.24) is 10.2 Å². The van der Waals surface area contributed by atoms with Crippen LogP contribution < -0.4 is 10.6 Å². The van der Waals surface area contributed by atoms with Crippen molar-refractivity contribution in [3.05, 3.63) is 29.8 Å². The van der Waals surface area contributed by atoms with E-state index in [1.807, 2.05) is 13.0 Å². The number of hydrogen-bond acceptors (Lipinski definition) is 5. The number of anilines is 1. The first-order valence-electron chi connectivity index (χ1n) is 9.11. The first-order chi connectivity index (χ1) is 12.5. The van der Waals surface area contributed by atoms with Crippen molar-refractivity contribution in [1.29, 1.82) is 0 Å². The number of likely N-dealkylation sites (tertiary alicyclic amines) is 1. The van der Waals surface area contributed by atoms with Gasteiger partial charge in [0.2, 0.25) is 5.91 Å². The molecule has 142 valence electrons. The molecule has 0 atom stereocenters. The summed E-state index contributed by atoms with van der Waals surface area (Å²) in [5, 5.41) is 5.82. The highest BCUT2D eigenvalue weighted by Gasteiger charge is 2.27. The van der Waals surface area contributed by atoms with E-state index in [1.165, 1.54) is 0 Å². The van der Waals surface area contributed by atoms with Crippen LogP contribution in [-0.2, 0) is 14.3 Å². The van der Waals surface area contributed by atoms with E-state index < -0.39 is 0 Å². The standard InChI is InChI=1S/C19H27N3O4/c1-3-20-18(24)15-6-5-7-16(12-15)21-13-17(23)22-10-8-14(9-11-22)19(25)26-4-2/h5-7,12,14,21H,3-4,8-11,13H2,1-2H3,(H,20,24). The molecular formula is C19H27N3O4. The van der Waals surface area contributed by atoms with E-state index in [0.717, 1.165) is 5.69 Å². The Kier molecular flexibility index (Phi) is 7.44. The summed E-state index contributed by atoms with van der Waals surface area (Å²) in [6, 6.07) is 7.06. The van der Waals surface area contributed by atoms with Crippen LogP contribution in [0.15, 0.2) is 24.3 Å². The maximum absolute atomic E-state index is 12.4. The van der Waals surface area contributed by atoms with Gasteiger partial charge in [-0.05, 0) is 44.9 Å². The molecule has 0 aliphatic carbocycles. The van der Waals surface area contributed by atoms with Crippen LogP contribution in [0.3, 0.4) is 0 Å². The van der Waals surface area contributed by atoms with Crippen molar-refractivity contribution in [2.24, 2.45) is 5.92 Å². The van der Waals surface area contributed by atoms with Crippen LogP contribution in [-0.4, -0.2) is 55.5 Å². The Morgan fingerprint density at radius 2 is 1.92 bits per heavy atom. The van der Waals surface area contributed by atoms with Crippen LogP contribution in [0.2, 0.25) is 0 Å². The Morgan fingerprint density at radius 3 is 2.58 bits per heavy atom. The highest BCUT2D eigenvalue weighted by molar-refractivity contribution is 5.95. The third kappa shape index (κ3) is 5.47. The molecule has 1 fully saturated rings. The number of amides is 2. The molecule has 1 heterocycles. The highest BCUT2D eigenvalue weighted by Crippen LogP contribution is 2.19. The fourth-order valence-electron chi connectivity index (χ4n) is 2.95. The van der Waals surface area contributed by atoms with Crippen molar-refractivity contribution in [3.63, 3.8) is 0 Å². The Bertz CT molecular complexity index is 639. The van der Waals surface area contributed by atoms with Gasteiger partial charge in [0, 0.05) is 30.9 Å². The molecule has 0 radical (unpaired) electrons. The van der Waals surface area contributed by atoms with Crippen molar-refractivity contribution in [2.45, 2.75) is 26.7 Å². The van der Waals surface area contributed by atoms with Gasteiger partial charge < -0.3 is 20.3 Å². The van der Waals surface area contributed by atoms with Gasteiger partial charge in [-0.25, -0.2) is 0 Å². The van der Waals surface area contributed by atoms with E-state index in [0.29, 0.717) is 44.6 Å². The summed E-state index contributed by atoms with van der Waals surface area (Å²) in [6.07, 6.45) is 1.27. The summed E-state index contributed by atoms with van der Waals surface area (Å²) in [6.45, 7) is 5.88. The van der Waals surface area contributed by atoms with Crippen LogP contribution in [0.5, 0.6) is 0 Å². The first-order valence-corrected chi connectivity index (χ1v) is 9.11. The van der Waals surface area contributed by atoms with Gasteiger partial charge in [0.1, 0.15) is 0 Å². The molecule has 1 aliphatic heterocycles. The number of carbonyl (C=O) groups excluding carboxylic acids is 3. The minimum Gasteiger partial charge on any atom is -0.466 e. The number of benzene rings is 1. The Hall–Kier alpha value is -2.57. The second-order valence-corrected chi connectivity index (χ2v) is 6.20. The molecule has 1 saturated heterocycles. The average molecular weight is 361 g/mol. The Balaban J connectivity index is 1.81. The number of rotatable bonds is 7. The minimum atomic E-state index is -0.167. The fourth-order valence-corrected chi connectivity index (χ4v) is 2.95. The van der Waals surface area contributed by atoms with Crippen LogP contribution in [0.4, 0.5) is 5.69 Å². The number of nitrogens with one attached hydrogen (secondary N) is 2. The SMILES string of the molecule is CCNC(=O)c1cccc(NCC(=O)N2CCC(C(=O)OCC)CC2)c1. The van der Waals surface area contributed by atoms with Gasteiger partial charge in [0.15, 0.2) is 0 Å². The van der Waals surface area contributed by atoms with Crippen molar-refractivity contribution >= 4 is 23.5 Å². The lowest BCUT2D eigenvalue weighted by Gasteiger charge is -2.31. The third-order valence-electron chi connectivity index (χ3n) is 4.37. The number of ether oxygens (including phenoxy) is 1. The van der Waals surface area contributed by atoms with Crippen molar-refractivity contribution < 1.29 is 19.1 Å². The maximum Gasteiger partial charge on any atom is 0.309 e. The maximum atomic E-state index is 12.4. The molecule has 1 aromatic rings. The van der Waals surface area contributed by atoms with E-state index in [1.54, 1.807) is 30.0 Å². The summed E-state index contributed by atoms with van der Waals surface area (Å²) in [4.78, 5) is 37.7. The van der Waals surface area contributed by atoms with E-state index in [2.05, 4.69) is 10.6 Å². The quantitative estimate of drug-likeness (QED) is 0.721. The molecule has 1 aliphatic rings. The summed E-state index contributed by atoms with van der Waals surface area (Å²) < 4.78 is 5.04. The van der Waals surface area contributed by atoms with Gasteiger partial charge in [-0.1, -0.05) is 6.07 Å². The van der Waals surface area contributed by atoms with Gasteiger partial charge in [0.25, 0.3) is 5.91 Å². The molecule has 0 saturated carbocycles. The molecular weight excluding hydrogens is 334 g/mol. The van der Waals surface area contributed by atoms with E-state index in [4.69, 9.17) is 4.74 Å². The van der Waals surface area contributed by atoms with Gasteiger partial charge in [-0.3, -0.25) is 14.4 Å². The predicted octanol–water partition coefficient (Wildman–Crippen LogP) is 1.65. The molecule has 0 aromatic heterocycles. The summed E-state index contributed by atoms with van der Waals surface area (Å²) in [5.74, 6) is -0.431. The second-order valence-electron chi connectivity index (χ2n) is 6.20. The molecule has 0 spiro atoms.